The van der Waals surface area contributed by atoms with Crippen LogP contribution in [0.15, 0.2) is 12.1 Å². The van der Waals surface area contributed by atoms with E-state index in [2.05, 4.69) is 5.32 Å². The number of phenols is 1. The number of rotatable bonds is 10. The van der Waals surface area contributed by atoms with Crippen molar-refractivity contribution in [3.8, 4) is 11.5 Å². The number of likely N-dealkylation sites (tertiary alicyclic amines) is 1. The quantitative estimate of drug-likeness (QED) is 0.342. The van der Waals surface area contributed by atoms with Gasteiger partial charge < -0.3 is 30.3 Å². The molecule has 10 heteroatoms. The standard InChI is InChI=1S/C18H25BN2O7/c22-15(20-7-11-1-2-11)10-21-8-13(9-21)28-14-4-3-12(5-6-19(26)27)17(23)16(14)18(24)25/h3-4,11,13,23,26-27H,1-2,5-10H2,(H,20,22)(H,24,25). The lowest BCUT2D eigenvalue weighted by Crippen LogP contribution is -2.56. The van der Waals surface area contributed by atoms with Crippen molar-refractivity contribution in [2.24, 2.45) is 5.92 Å². The minimum Gasteiger partial charge on any atom is -0.507 e. The van der Waals surface area contributed by atoms with E-state index in [0.717, 1.165) is 6.54 Å². The number of carboxylic acids is 1. The summed E-state index contributed by atoms with van der Waals surface area (Å²) < 4.78 is 5.71. The molecule has 3 rings (SSSR count). The molecule has 9 nitrogen and oxygen atoms in total. The van der Waals surface area contributed by atoms with Crippen LogP contribution in [0.25, 0.3) is 0 Å². The molecule has 1 aromatic rings. The van der Waals surface area contributed by atoms with Crippen LogP contribution in [0, 0.1) is 5.92 Å². The number of aromatic carboxylic acids is 1. The van der Waals surface area contributed by atoms with Crippen molar-refractivity contribution >= 4 is 19.0 Å². The first-order valence-electron chi connectivity index (χ1n) is 9.43. The van der Waals surface area contributed by atoms with Gasteiger partial charge in [-0.25, -0.2) is 4.79 Å². The minimum atomic E-state index is -1.54. The molecule has 0 spiro atoms. The maximum Gasteiger partial charge on any atom is 0.451 e. The highest BCUT2D eigenvalue weighted by molar-refractivity contribution is 6.41. The van der Waals surface area contributed by atoms with E-state index in [1.807, 2.05) is 4.90 Å². The van der Waals surface area contributed by atoms with Crippen LogP contribution in [0.2, 0.25) is 6.32 Å². The molecule has 0 radical (unpaired) electrons. The van der Waals surface area contributed by atoms with E-state index < -0.39 is 18.8 Å². The summed E-state index contributed by atoms with van der Waals surface area (Å²) in [6.07, 6.45) is 2.19. The van der Waals surface area contributed by atoms with E-state index in [1.54, 1.807) is 0 Å². The number of hydrogen-bond donors (Lipinski definition) is 5. The van der Waals surface area contributed by atoms with Gasteiger partial charge in [-0.1, -0.05) is 6.07 Å². The van der Waals surface area contributed by atoms with Gasteiger partial charge in [-0.3, -0.25) is 9.69 Å². The molecule has 1 heterocycles. The van der Waals surface area contributed by atoms with E-state index in [0.29, 0.717) is 24.6 Å². The fourth-order valence-electron chi connectivity index (χ4n) is 3.15. The lowest BCUT2D eigenvalue weighted by Gasteiger charge is -2.38. The van der Waals surface area contributed by atoms with Crippen molar-refractivity contribution in [1.82, 2.24) is 10.2 Å². The summed E-state index contributed by atoms with van der Waals surface area (Å²) in [5.74, 6) is -1.09. The second kappa shape index (κ2) is 8.81. The van der Waals surface area contributed by atoms with Gasteiger partial charge in [-0.15, -0.1) is 0 Å². The van der Waals surface area contributed by atoms with Crippen LogP contribution in [-0.4, -0.2) is 76.4 Å². The van der Waals surface area contributed by atoms with Gasteiger partial charge in [0.15, 0.2) is 0 Å². The van der Waals surface area contributed by atoms with Gasteiger partial charge in [0.2, 0.25) is 5.91 Å². The van der Waals surface area contributed by atoms with Gasteiger partial charge >= 0.3 is 13.1 Å². The average molecular weight is 392 g/mol. The van der Waals surface area contributed by atoms with Crippen molar-refractivity contribution in [2.75, 3.05) is 26.2 Å². The van der Waals surface area contributed by atoms with Gasteiger partial charge in [0.25, 0.3) is 0 Å². The maximum absolute atomic E-state index is 11.8. The van der Waals surface area contributed by atoms with Gasteiger partial charge in [0.05, 0.1) is 6.54 Å². The molecule has 1 amide bonds. The molecule has 0 unspecified atom stereocenters. The zero-order chi connectivity index (χ0) is 20.3. The van der Waals surface area contributed by atoms with Crippen LogP contribution in [0.3, 0.4) is 0 Å². The Balaban J connectivity index is 1.53. The fourth-order valence-corrected chi connectivity index (χ4v) is 3.15. The summed E-state index contributed by atoms with van der Waals surface area (Å²) in [6.45, 7) is 2.00. The van der Waals surface area contributed by atoms with Crippen molar-refractivity contribution in [1.29, 1.82) is 0 Å². The highest BCUT2D eigenvalue weighted by Crippen LogP contribution is 2.34. The van der Waals surface area contributed by atoms with Crippen LogP contribution in [0.5, 0.6) is 11.5 Å². The number of benzene rings is 1. The molecular formula is C18H25BN2O7. The Labute approximate surface area is 163 Å². The first-order chi connectivity index (χ1) is 13.3. The van der Waals surface area contributed by atoms with Crippen LogP contribution < -0.4 is 10.1 Å². The molecule has 1 aliphatic heterocycles. The second-order valence-corrected chi connectivity index (χ2v) is 7.45. The van der Waals surface area contributed by atoms with Gasteiger partial charge in [-0.05, 0) is 43.1 Å². The van der Waals surface area contributed by atoms with E-state index >= 15 is 0 Å². The normalized spacial score (nSPS) is 17.1. The summed E-state index contributed by atoms with van der Waals surface area (Å²) in [7, 11) is -1.54. The number of nitrogens with one attached hydrogen (secondary N) is 1. The number of nitrogens with zero attached hydrogens (tertiary/aromatic N) is 1. The molecule has 1 saturated carbocycles. The first kappa shape index (κ1) is 20.4. The van der Waals surface area contributed by atoms with Crippen LogP contribution in [0.1, 0.15) is 28.8 Å². The number of aromatic hydroxyl groups is 1. The number of hydrogen-bond acceptors (Lipinski definition) is 7. The van der Waals surface area contributed by atoms with Crippen LogP contribution in [0.4, 0.5) is 0 Å². The summed E-state index contributed by atoms with van der Waals surface area (Å²) in [5.41, 5.74) is -0.0361. The summed E-state index contributed by atoms with van der Waals surface area (Å²) in [6, 6.07) is 2.98. The number of aryl methyl sites for hydroxylation is 1. The van der Waals surface area contributed by atoms with Crippen molar-refractivity contribution in [3.05, 3.63) is 23.3 Å². The zero-order valence-electron chi connectivity index (χ0n) is 15.5. The molecule has 2 aliphatic rings. The van der Waals surface area contributed by atoms with E-state index in [4.69, 9.17) is 14.8 Å². The predicted octanol–water partition coefficient (Wildman–Crippen LogP) is -0.305. The molecule has 28 heavy (non-hydrogen) atoms. The molecule has 1 aliphatic carbocycles. The average Bonchev–Trinajstić information content (AvgIpc) is 3.41. The Morgan fingerprint density at radius 3 is 2.57 bits per heavy atom. The maximum atomic E-state index is 11.8. The first-order valence-corrected chi connectivity index (χ1v) is 9.43. The number of carboxylic acid groups (broad SMARTS) is 1. The molecule has 1 saturated heterocycles. The lowest BCUT2D eigenvalue weighted by molar-refractivity contribution is -0.124. The van der Waals surface area contributed by atoms with E-state index in [9.17, 15) is 19.8 Å². The van der Waals surface area contributed by atoms with E-state index in [1.165, 1.54) is 25.0 Å². The summed E-state index contributed by atoms with van der Waals surface area (Å²) in [5, 5.41) is 40.5. The Bertz CT molecular complexity index is 733. The number of carbonyl (C=O) groups is 2. The third-order valence-electron chi connectivity index (χ3n) is 4.98. The number of ether oxygens (including phenoxy) is 1. The highest BCUT2D eigenvalue weighted by Gasteiger charge is 2.32. The molecular weight excluding hydrogens is 367 g/mol. The van der Waals surface area contributed by atoms with Gasteiger partial charge in [0.1, 0.15) is 23.2 Å². The molecule has 1 aromatic carbocycles. The predicted molar refractivity (Wildman–Crippen MR) is 100 cm³/mol. The molecule has 152 valence electrons. The zero-order valence-corrected chi connectivity index (χ0v) is 15.5. The number of amides is 1. The molecule has 0 bridgehead atoms. The smallest absolute Gasteiger partial charge is 0.451 e. The Kier molecular flexibility index (Phi) is 6.43. The van der Waals surface area contributed by atoms with E-state index in [-0.39, 0.29) is 42.6 Å². The van der Waals surface area contributed by atoms with Crippen molar-refractivity contribution < 1.29 is 34.6 Å². The van der Waals surface area contributed by atoms with Crippen molar-refractivity contribution in [2.45, 2.75) is 31.7 Å². The lowest BCUT2D eigenvalue weighted by atomic mass is 9.82. The number of carbonyl (C=O) groups excluding carboxylic acids is 1. The monoisotopic (exact) mass is 392 g/mol. The third kappa shape index (κ3) is 5.37. The molecule has 0 atom stereocenters. The van der Waals surface area contributed by atoms with Gasteiger partial charge in [-0.2, -0.15) is 0 Å². The Morgan fingerprint density at radius 2 is 1.96 bits per heavy atom. The van der Waals surface area contributed by atoms with Gasteiger partial charge in [0, 0.05) is 19.6 Å². The largest absolute Gasteiger partial charge is 0.507 e. The second-order valence-electron chi connectivity index (χ2n) is 7.45. The van der Waals surface area contributed by atoms with Crippen LogP contribution >= 0.6 is 0 Å². The van der Waals surface area contributed by atoms with Crippen LogP contribution in [-0.2, 0) is 11.2 Å². The molecule has 0 aromatic heterocycles. The fraction of sp³-hybridized carbons (Fsp3) is 0.556. The Hall–Kier alpha value is -2.30. The summed E-state index contributed by atoms with van der Waals surface area (Å²) >= 11 is 0. The topological polar surface area (TPSA) is 140 Å². The highest BCUT2D eigenvalue weighted by atomic mass is 16.5. The third-order valence-corrected chi connectivity index (χ3v) is 4.98. The Morgan fingerprint density at radius 1 is 1.25 bits per heavy atom. The summed E-state index contributed by atoms with van der Waals surface area (Å²) in [4.78, 5) is 25.3. The SMILES string of the molecule is O=C(CN1CC(Oc2ccc(CCB(O)O)c(O)c2C(=O)O)C1)NCC1CC1. The molecule has 2 fully saturated rings. The minimum absolute atomic E-state index is 0.0206. The van der Waals surface area contributed by atoms with Crippen molar-refractivity contribution in [3.63, 3.8) is 0 Å². The molecule has 5 N–H and O–H groups in total.